The lowest BCUT2D eigenvalue weighted by molar-refractivity contribution is -0.140. The van der Waals surface area contributed by atoms with Crippen LogP contribution in [-0.2, 0) is 30.8 Å². The first-order chi connectivity index (χ1) is 24.1. The highest BCUT2D eigenvalue weighted by Gasteiger charge is 2.71. The number of halogens is 5. The number of ether oxygens (including phenoxy) is 1. The Morgan fingerprint density at radius 3 is 2.37 bits per heavy atom. The monoisotopic (exact) mass is 743 g/mol. The number of hydrogen-bond donors (Lipinski definition) is 3. The van der Waals surface area contributed by atoms with Gasteiger partial charge in [0, 0.05) is 28.8 Å². The highest BCUT2D eigenvalue weighted by molar-refractivity contribution is 6.33. The van der Waals surface area contributed by atoms with Gasteiger partial charge < -0.3 is 15.6 Å². The summed E-state index contributed by atoms with van der Waals surface area (Å²) in [6, 6.07) is 9.74. The molecule has 2 aromatic carbocycles. The van der Waals surface area contributed by atoms with Crippen molar-refractivity contribution < 1.29 is 47.0 Å². The first-order valence-corrected chi connectivity index (χ1v) is 16.2. The number of hydrazine groups is 1. The van der Waals surface area contributed by atoms with Gasteiger partial charge in [-0.05, 0) is 48.6 Å². The van der Waals surface area contributed by atoms with Crippen molar-refractivity contribution >= 4 is 58.7 Å². The zero-order chi connectivity index (χ0) is 36.7. The van der Waals surface area contributed by atoms with E-state index in [1.54, 1.807) is 18.2 Å². The van der Waals surface area contributed by atoms with Crippen LogP contribution in [0.4, 0.5) is 23.8 Å². The maximum absolute atomic E-state index is 15.2. The molecule has 2 aliphatic carbocycles. The van der Waals surface area contributed by atoms with Crippen molar-refractivity contribution in [3.63, 3.8) is 0 Å². The molecule has 2 aliphatic heterocycles. The number of aromatic hydroxyl groups is 1. The van der Waals surface area contributed by atoms with E-state index in [4.69, 9.17) is 33.7 Å². The molecule has 12 nitrogen and oxygen atoms in total. The molecule has 17 heteroatoms. The Morgan fingerprint density at radius 2 is 1.75 bits per heavy atom. The topological polar surface area (TPSA) is 172 Å². The van der Waals surface area contributed by atoms with E-state index in [0.717, 1.165) is 0 Å². The third kappa shape index (κ3) is 5.04. The smallest absolute Gasteiger partial charge is 0.417 e. The number of anilines is 1. The number of benzene rings is 2. The van der Waals surface area contributed by atoms with Crippen LogP contribution < -0.4 is 15.9 Å². The normalized spacial score (nSPS) is 27.2. The van der Waals surface area contributed by atoms with Crippen molar-refractivity contribution in [2.24, 2.45) is 29.4 Å². The maximum Gasteiger partial charge on any atom is 0.417 e. The number of rotatable bonds is 5. The lowest BCUT2D eigenvalue weighted by Gasteiger charge is -2.50. The number of urea groups is 1. The third-order valence-corrected chi connectivity index (χ3v) is 10.8. The zero-order valence-electron chi connectivity index (χ0n) is 26.3. The van der Waals surface area contributed by atoms with E-state index in [-0.39, 0.29) is 24.3 Å². The number of pyridine rings is 1. The highest BCUT2D eigenvalue weighted by atomic mass is 35.5. The number of primary amides is 1. The molecule has 7 rings (SSSR count). The molecule has 2 saturated heterocycles. The Bertz CT molecular complexity index is 2080. The predicted octanol–water partition coefficient (Wildman–Crippen LogP) is 5.19. The van der Waals surface area contributed by atoms with E-state index in [2.05, 4.69) is 10.4 Å². The number of carbonyl (C=O) groups is 5. The van der Waals surface area contributed by atoms with Gasteiger partial charge in [0.1, 0.15) is 11.5 Å². The summed E-state index contributed by atoms with van der Waals surface area (Å²) in [7, 11) is 1.34. The fourth-order valence-corrected chi connectivity index (χ4v) is 8.62. The van der Waals surface area contributed by atoms with E-state index in [0.29, 0.717) is 43.9 Å². The molecule has 4 N–H and O–H groups in total. The molecule has 0 bridgehead atoms. The van der Waals surface area contributed by atoms with Crippen molar-refractivity contribution in [3.05, 3.63) is 93.1 Å². The number of carbonyl (C=O) groups excluding carboxylic acids is 5. The number of methoxy groups -OCH3 is 1. The second kappa shape index (κ2) is 12.0. The lowest BCUT2D eigenvalue weighted by atomic mass is 9.49. The molecule has 51 heavy (non-hydrogen) atoms. The molecular weight excluding hydrogens is 718 g/mol. The summed E-state index contributed by atoms with van der Waals surface area (Å²) in [5.41, 5.74) is 6.13. The van der Waals surface area contributed by atoms with Gasteiger partial charge in [0.05, 0.1) is 40.9 Å². The van der Waals surface area contributed by atoms with Crippen LogP contribution in [0.1, 0.15) is 35.4 Å². The average molecular weight is 745 g/mol. The second-order valence-electron chi connectivity index (χ2n) is 12.7. The molecule has 6 atom stereocenters. The fraction of sp³-hybridized carbons (Fsp3) is 0.294. The molecule has 0 radical (unpaired) electrons. The quantitative estimate of drug-likeness (QED) is 0.235. The number of fused-ring (bicyclic) bond motifs is 4. The number of nitrogens with two attached hydrogens (primary N) is 1. The van der Waals surface area contributed by atoms with Gasteiger partial charge in [-0.1, -0.05) is 53.1 Å². The van der Waals surface area contributed by atoms with E-state index in [9.17, 15) is 37.5 Å². The van der Waals surface area contributed by atoms with Gasteiger partial charge in [-0.15, -0.1) is 0 Å². The van der Waals surface area contributed by atoms with Crippen molar-refractivity contribution in [1.82, 2.24) is 14.9 Å². The first-order valence-electron chi connectivity index (χ1n) is 15.5. The summed E-state index contributed by atoms with van der Waals surface area (Å²) in [4.78, 5) is 73.2. The van der Waals surface area contributed by atoms with Crippen molar-refractivity contribution in [2.75, 3.05) is 12.5 Å². The molecule has 1 saturated carbocycles. The number of allylic oxidation sites excluding steroid dienone is 2. The number of likely N-dealkylation sites (tertiary alicyclic amines) is 1. The van der Waals surface area contributed by atoms with Crippen LogP contribution in [0.25, 0.3) is 0 Å². The average Bonchev–Trinajstić information content (AvgIpc) is 3.46. The van der Waals surface area contributed by atoms with Crippen molar-refractivity contribution in [1.29, 1.82) is 0 Å². The number of hydrogen-bond acceptors (Lipinski definition) is 9. The van der Waals surface area contributed by atoms with Gasteiger partial charge >= 0.3 is 12.2 Å². The summed E-state index contributed by atoms with van der Waals surface area (Å²) in [5, 5.41) is 10.8. The van der Waals surface area contributed by atoms with Crippen LogP contribution in [0, 0.1) is 23.7 Å². The van der Waals surface area contributed by atoms with E-state index in [1.165, 1.54) is 37.4 Å². The van der Waals surface area contributed by atoms with Crippen molar-refractivity contribution in [2.45, 2.75) is 30.4 Å². The van der Waals surface area contributed by atoms with Crippen LogP contribution in [0.3, 0.4) is 0 Å². The number of aromatic nitrogens is 1. The number of imide groups is 4. The Kier molecular flexibility index (Phi) is 8.06. The third-order valence-electron chi connectivity index (χ3n) is 10.3. The summed E-state index contributed by atoms with van der Waals surface area (Å²) in [5.74, 6) is -9.11. The summed E-state index contributed by atoms with van der Waals surface area (Å²) < 4.78 is 45.9. The molecule has 1 aromatic heterocycles. The number of phenols is 1. The Hall–Kier alpha value is -5.15. The molecule has 3 heterocycles. The minimum absolute atomic E-state index is 0.00169. The summed E-state index contributed by atoms with van der Waals surface area (Å²) in [6.45, 7) is 0. The van der Waals surface area contributed by atoms with Gasteiger partial charge in [0.25, 0.3) is 11.8 Å². The largest absolute Gasteiger partial charge is 0.508 e. The zero-order valence-corrected chi connectivity index (χ0v) is 27.8. The molecule has 264 valence electrons. The summed E-state index contributed by atoms with van der Waals surface area (Å²) >= 11 is 12.5. The lowest BCUT2D eigenvalue weighted by Crippen LogP contribution is -2.53. The van der Waals surface area contributed by atoms with Gasteiger partial charge in [-0.25, -0.2) is 9.78 Å². The Morgan fingerprint density at radius 1 is 1.04 bits per heavy atom. The Balaban J connectivity index is 1.46. The van der Waals surface area contributed by atoms with E-state index in [1.807, 2.05) is 0 Å². The SMILES string of the molecule is COc1cc(O)ccc1[C@H]1C2=CC[C@@H]3C(=O)N(C(N)=O)C(=O)[C@@H]3[C@@H]2C[C@H]2C(=O)N(Nc3ncc(C(F)(F)F)cc3Cl)C(=O)[C@@]12c1ccc(Cl)cc1. The predicted molar refractivity (Wildman–Crippen MR) is 173 cm³/mol. The number of amides is 6. The molecule has 6 amide bonds. The molecular formula is C34H26Cl2F3N5O7. The van der Waals surface area contributed by atoms with Crippen LogP contribution in [0.5, 0.6) is 11.5 Å². The van der Waals surface area contributed by atoms with Crippen molar-refractivity contribution in [3.8, 4) is 11.5 Å². The van der Waals surface area contributed by atoms with Gasteiger partial charge in [0.15, 0.2) is 5.82 Å². The standard InChI is InChI=1S/C34H26Cl2F3N5O7/c1-51-24-11-17(45)6-7-19(24)26-18-8-9-20-25(30(48)43(28(20)46)32(40)50)21(18)12-22-29(47)44(31(49)33(22,26)14-2-4-16(35)5-3-14)42-27-23(36)10-15(13-41-27)34(37,38)39/h2-8,10-11,13,20-22,25-26,45H,9,12H2,1H3,(H2,40,50)(H,41,42)/t20-,21+,22-,25-,26+,33+/m0/s1. The number of alkyl halides is 3. The van der Waals surface area contributed by atoms with Gasteiger partial charge in [0.2, 0.25) is 11.8 Å². The summed E-state index contributed by atoms with van der Waals surface area (Å²) in [6.07, 6.45) is -2.73. The van der Waals surface area contributed by atoms with E-state index >= 15 is 4.79 Å². The second-order valence-corrected chi connectivity index (χ2v) is 13.5. The molecule has 3 fully saturated rings. The number of nitrogens with one attached hydrogen (secondary N) is 1. The van der Waals surface area contributed by atoms with Crippen LogP contribution in [0.2, 0.25) is 10.0 Å². The van der Waals surface area contributed by atoms with Gasteiger partial charge in [-0.3, -0.25) is 24.6 Å². The fourth-order valence-electron chi connectivity index (χ4n) is 8.28. The van der Waals surface area contributed by atoms with Crippen LogP contribution >= 0.6 is 23.2 Å². The Labute approximate surface area is 296 Å². The molecule has 3 aromatic rings. The molecule has 4 aliphatic rings. The van der Waals surface area contributed by atoms with Gasteiger partial charge in [-0.2, -0.15) is 23.1 Å². The highest BCUT2D eigenvalue weighted by Crippen LogP contribution is 2.65. The number of phenolic OH excluding ortho intramolecular Hbond substituents is 1. The number of nitrogens with zero attached hydrogens (tertiary/aromatic N) is 3. The minimum atomic E-state index is -4.77. The molecule has 0 unspecified atom stereocenters. The molecule has 0 spiro atoms. The maximum atomic E-state index is 15.2. The van der Waals surface area contributed by atoms with Crippen LogP contribution in [0.15, 0.2) is 66.4 Å². The van der Waals surface area contributed by atoms with E-state index < -0.39 is 87.2 Å². The van der Waals surface area contributed by atoms with Crippen LogP contribution in [-0.4, -0.2) is 56.8 Å². The first kappa shape index (κ1) is 34.3. The minimum Gasteiger partial charge on any atom is -0.508 e.